The SMILES string of the molecule is Cc1c(-c2ccc3c(c2OC(C)(C)C)CCCO3)c(CC(=O)O)n(C)c(=O)c1-c1ccc(F)c(-c2cnn(C)c2)c1. The Morgan fingerprint density at radius 2 is 1.88 bits per heavy atom. The van der Waals surface area contributed by atoms with Gasteiger partial charge in [0.05, 0.1) is 24.8 Å². The number of carboxylic acid groups (broad SMARTS) is 1. The van der Waals surface area contributed by atoms with Crippen LogP contribution in [0.1, 0.15) is 44.0 Å². The molecule has 0 spiro atoms. The zero-order valence-electron chi connectivity index (χ0n) is 24.2. The molecular formula is C32H34FN3O5. The number of fused-ring (bicyclic) bond motifs is 1. The fourth-order valence-corrected chi connectivity index (χ4v) is 5.50. The predicted octanol–water partition coefficient (Wildman–Crippen LogP) is 5.70. The Kier molecular flexibility index (Phi) is 7.23. The van der Waals surface area contributed by atoms with Gasteiger partial charge in [0, 0.05) is 53.8 Å². The Morgan fingerprint density at radius 3 is 2.54 bits per heavy atom. The van der Waals surface area contributed by atoms with Crippen molar-refractivity contribution in [3.05, 3.63) is 75.7 Å². The lowest BCUT2D eigenvalue weighted by Gasteiger charge is -2.30. The number of carboxylic acids is 1. The number of ether oxygens (including phenoxy) is 2. The third-order valence-corrected chi connectivity index (χ3v) is 7.28. The summed E-state index contributed by atoms with van der Waals surface area (Å²) >= 11 is 0. The Labute approximate surface area is 238 Å². The van der Waals surface area contributed by atoms with E-state index in [-0.39, 0.29) is 12.0 Å². The Morgan fingerprint density at radius 1 is 1.12 bits per heavy atom. The summed E-state index contributed by atoms with van der Waals surface area (Å²) in [7, 11) is 3.32. The molecule has 41 heavy (non-hydrogen) atoms. The molecule has 9 heteroatoms. The molecule has 0 fully saturated rings. The molecule has 4 aromatic rings. The highest BCUT2D eigenvalue weighted by atomic mass is 19.1. The highest BCUT2D eigenvalue weighted by Gasteiger charge is 2.29. The predicted molar refractivity (Wildman–Crippen MR) is 155 cm³/mol. The molecule has 1 N–H and O–H groups in total. The van der Waals surface area contributed by atoms with Gasteiger partial charge < -0.3 is 19.1 Å². The monoisotopic (exact) mass is 559 g/mol. The minimum absolute atomic E-state index is 0.316. The summed E-state index contributed by atoms with van der Waals surface area (Å²) in [5.41, 5.74) is 4.00. The third kappa shape index (κ3) is 5.36. The maximum absolute atomic E-state index is 15.0. The number of hydrogen-bond donors (Lipinski definition) is 1. The first-order valence-corrected chi connectivity index (χ1v) is 13.6. The summed E-state index contributed by atoms with van der Waals surface area (Å²) in [4.78, 5) is 25.9. The van der Waals surface area contributed by atoms with Crippen LogP contribution in [0, 0.1) is 12.7 Å². The zero-order chi connectivity index (χ0) is 29.6. The largest absolute Gasteiger partial charge is 0.493 e. The van der Waals surface area contributed by atoms with E-state index in [0.29, 0.717) is 57.0 Å². The van der Waals surface area contributed by atoms with Crippen molar-refractivity contribution in [1.82, 2.24) is 14.3 Å². The van der Waals surface area contributed by atoms with E-state index in [1.807, 2.05) is 32.9 Å². The van der Waals surface area contributed by atoms with Crippen LogP contribution < -0.4 is 15.0 Å². The van der Waals surface area contributed by atoms with E-state index in [2.05, 4.69) is 5.10 Å². The van der Waals surface area contributed by atoms with E-state index in [9.17, 15) is 19.1 Å². The second-order valence-corrected chi connectivity index (χ2v) is 11.4. The van der Waals surface area contributed by atoms with Crippen LogP contribution >= 0.6 is 0 Å². The third-order valence-electron chi connectivity index (χ3n) is 7.28. The van der Waals surface area contributed by atoms with Crippen molar-refractivity contribution >= 4 is 5.97 Å². The second kappa shape index (κ2) is 10.5. The van der Waals surface area contributed by atoms with Crippen molar-refractivity contribution in [2.45, 2.75) is 52.6 Å². The molecule has 0 aliphatic carbocycles. The van der Waals surface area contributed by atoms with Crippen molar-refractivity contribution < 1.29 is 23.8 Å². The highest BCUT2D eigenvalue weighted by Crippen LogP contribution is 2.45. The first-order valence-electron chi connectivity index (χ1n) is 13.6. The molecule has 0 saturated heterocycles. The van der Waals surface area contributed by atoms with E-state index in [0.717, 1.165) is 24.2 Å². The average molecular weight is 560 g/mol. The fourth-order valence-electron chi connectivity index (χ4n) is 5.50. The molecule has 2 aromatic heterocycles. The first kappa shape index (κ1) is 28.1. The molecule has 8 nitrogen and oxygen atoms in total. The van der Waals surface area contributed by atoms with Gasteiger partial charge >= 0.3 is 5.97 Å². The van der Waals surface area contributed by atoms with Crippen LogP contribution in [0.25, 0.3) is 33.4 Å². The number of hydrogen-bond acceptors (Lipinski definition) is 5. The van der Waals surface area contributed by atoms with E-state index >= 15 is 0 Å². The van der Waals surface area contributed by atoms with Crippen LogP contribution in [-0.2, 0) is 31.7 Å². The van der Waals surface area contributed by atoms with Gasteiger partial charge in [-0.1, -0.05) is 6.07 Å². The normalized spacial score (nSPS) is 13.0. The maximum Gasteiger partial charge on any atom is 0.309 e. The van der Waals surface area contributed by atoms with Crippen molar-refractivity contribution in [2.75, 3.05) is 6.61 Å². The number of aliphatic carboxylic acids is 1. The van der Waals surface area contributed by atoms with Crippen molar-refractivity contribution in [3.63, 3.8) is 0 Å². The molecule has 0 saturated carbocycles. The number of halogens is 1. The fraction of sp³-hybridized carbons (Fsp3) is 0.344. The van der Waals surface area contributed by atoms with Gasteiger partial charge in [0.15, 0.2) is 0 Å². The van der Waals surface area contributed by atoms with E-state index < -0.39 is 17.4 Å². The zero-order valence-corrected chi connectivity index (χ0v) is 24.2. The minimum atomic E-state index is -1.06. The summed E-state index contributed by atoms with van der Waals surface area (Å²) in [5.74, 6) is -0.145. The van der Waals surface area contributed by atoms with Crippen molar-refractivity contribution in [3.8, 4) is 44.9 Å². The van der Waals surface area contributed by atoms with Crippen LogP contribution in [0.5, 0.6) is 11.5 Å². The first-order chi connectivity index (χ1) is 19.4. The van der Waals surface area contributed by atoms with Crippen molar-refractivity contribution in [2.24, 2.45) is 14.1 Å². The van der Waals surface area contributed by atoms with Crippen LogP contribution in [0.4, 0.5) is 4.39 Å². The molecule has 0 radical (unpaired) electrons. The lowest BCUT2D eigenvalue weighted by atomic mass is 9.88. The molecule has 1 aliphatic heterocycles. The summed E-state index contributed by atoms with van der Waals surface area (Å²) in [6.45, 7) is 8.28. The van der Waals surface area contributed by atoms with E-state index in [4.69, 9.17) is 9.47 Å². The number of nitrogens with zero attached hydrogens (tertiary/aromatic N) is 3. The quantitative estimate of drug-likeness (QED) is 0.326. The molecule has 0 amide bonds. The van der Waals surface area contributed by atoms with Crippen LogP contribution in [0.3, 0.4) is 0 Å². The molecule has 0 bridgehead atoms. The Bertz CT molecular complexity index is 1730. The lowest BCUT2D eigenvalue weighted by Crippen LogP contribution is -2.27. The number of pyridine rings is 1. The molecule has 3 heterocycles. The molecule has 5 rings (SSSR count). The van der Waals surface area contributed by atoms with E-state index in [1.165, 1.54) is 10.6 Å². The van der Waals surface area contributed by atoms with Gasteiger partial charge in [-0.2, -0.15) is 5.10 Å². The topological polar surface area (TPSA) is 95.6 Å². The number of benzene rings is 2. The van der Waals surface area contributed by atoms with E-state index in [1.54, 1.807) is 50.2 Å². The van der Waals surface area contributed by atoms with Gasteiger partial charge in [-0.3, -0.25) is 14.3 Å². The summed E-state index contributed by atoms with van der Waals surface area (Å²) in [6.07, 6.45) is 4.48. The van der Waals surface area contributed by atoms with Gasteiger partial charge in [0.1, 0.15) is 22.9 Å². The average Bonchev–Trinajstić information content (AvgIpc) is 3.34. The van der Waals surface area contributed by atoms with Crippen molar-refractivity contribution in [1.29, 1.82) is 0 Å². The van der Waals surface area contributed by atoms with Gasteiger partial charge in [0.25, 0.3) is 5.56 Å². The smallest absolute Gasteiger partial charge is 0.309 e. The summed E-state index contributed by atoms with van der Waals surface area (Å²) in [6, 6.07) is 8.31. The summed E-state index contributed by atoms with van der Waals surface area (Å²) < 4.78 is 30.4. The summed E-state index contributed by atoms with van der Waals surface area (Å²) in [5, 5.41) is 14.0. The van der Waals surface area contributed by atoms with Gasteiger partial charge in [-0.05, 0) is 75.9 Å². The standard InChI is InChI=1S/C32H34FN3O5/c1-18-28(19-9-11-24(33)23(14-19)20-16-34-35(5)17-20)31(39)36(6)25(15-27(37)38)29(18)22-10-12-26-21(8-7-13-40-26)30(22)41-32(2,3)4/h9-12,14,16-17H,7-8,13,15H2,1-6H3,(H,37,38). The number of carbonyl (C=O) groups is 1. The lowest BCUT2D eigenvalue weighted by molar-refractivity contribution is -0.136. The highest BCUT2D eigenvalue weighted by molar-refractivity contribution is 5.87. The maximum atomic E-state index is 15.0. The van der Waals surface area contributed by atoms with Crippen LogP contribution in [0.2, 0.25) is 0 Å². The van der Waals surface area contributed by atoms with Gasteiger partial charge in [0.2, 0.25) is 0 Å². The van der Waals surface area contributed by atoms with Gasteiger partial charge in [-0.15, -0.1) is 0 Å². The second-order valence-electron chi connectivity index (χ2n) is 11.4. The van der Waals surface area contributed by atoms with Crippen LogP contribution in [-0.4, -0.2) is 37.6 Å². The molecule has 0 unspecified atom stereocenters. The minimum Gasteiger partial charge on any atom is -0.493 e. The van der Waals surface area contributed by atoms with Gasteiger partial charge in [-0.25, -0.2) is 4.39 Å². The molecular weight excluding hydrogens is 525 g/mol. The Hall–Kier alpha value is -4.40. The van der Waals surface area contributed by atoms with Crippen LogP contribution in [0.15, 0.2) is 47.5 Å². The molecule has 2 aromatic carbocycles. The molecule has 1 aliphatic rings. The Balaban J connectivity index is 1.83. The number of aromatic nitrogens is 3. The molecule has 0 atom stereocenters. The number of aryl methyl sites for hydroxylation is 1. The molecule has 214 valence electrons. The number of rotatable bonds is 6.